The molecule has 1 aliphatic rings. The molecule has 1 aliphatic carbocycles. The average molecular weight is 220 g/mol. The number of aliphatic imine (C=N–C) groups is 1. The Bertz CT molecular complexity index is 361. The maximum Gasteiger partial charge on any atom is 0.0968 e. The van der Waals surface area contributed by atoms with Crippen molar-refractivity contribution in [2.75, 3.05) is 6.54 Å². The van der Waals surface area contributed by atoms with Crippen molar-refractivity contribution >= 4 is 5.84 Å². The van der Waals surface area contributed by atoms with Gasteiger partial charge < -0.3 is 5.73 Å². The number of hydrogen-bond donors (Lipinski definition) is 1. The average Bonchev–Trinajstić information content (AvgIpc) is 2.89. The third kappa shape index (κ3) is 2.84. The van der Waals surface area contributed by atoms with E-state index >= 15 is 0 Å². The molecule has 1 aromatic heterocycles. The minimum absolute atomic E-state index is 0.550. The molecule has 1 heterocycles. The molecule has 0 unspecified atom stereocenters. The molecule has 2 rings (SSSR count). The van der Waals surface area contributed by atoms with E-state index in [9.17, 15) is 0 Å². The summed E-state index contributed by atoms with van der Waals surface area (Å²) in [5.41, 5.74) is 7.20. The molecule has 4 heteroatoms. The van der Waals surface area contributed by atoms with E-state index in [0.29, 0.717) is 5.92 Å². The fourth-order valence-electron chi connectivity index (χ4n) is 2.27. The molecule has 4 nitrogen and oxygen atoms in total. The highest BCUT2D eigenvalue weighted by molar-refractivity contribution is 5.83. The van der Waals surface area contributed by atoms with Crippen molar-refractivity contribution in [3.63, 3.8) is 0 Å². The molecule has 0 saturated heterocycles. The van der Waals surface area contributed by atoms with Crippen molar-refractivity contribution in [2.24, 2.45) is 23.7 Å². The molecule has 16 heavy (non-hydrogen) atoms. The summed E-state index contributed by atoms with van der Waals surface area (Å²) in [5, 5.41) is 4.13. The van der Waals surface area contributed by atoms with Crippen LogP contribution in [0.1, 0.15) is 31.2 Å². The Balaban J connectivity index is 1.79. The van der Waals surface area contributed by atoms with Crippen LogP contribution < -0.4 is 5.73 Å². The molecule has 88 valence electrons. The lowest BCUT2D eigenvalue weighted by Crippen LogP contribution is -2.21. The number of hydrogen-bond acceptors (Lipinski definition) is 2. The third-order valence-electron chi connectivity index (χ3n) is 3.23. The van der Waals surface area contributed by atoms with E-state index in [-0.39, 0.29) is 0 Å². The lowest BCUT2D eigenvalue weighted by Gasteiger charge is -2.07. The fraction of sp³-hybridized carbons (Fsp3) is 0.667. The van der Waals surface area contributed by atoms with E-state index in [1.165, 1.54) is 31.2 Å². The van der Waals surface area contributed by atoms with Crippen LogP contribution in [0.25, 0.3) is 0 Å². The number of aryl methyl sites for hydroxylation is 1. The summed E-state index contributed by atoms with van der Waals surface area (Å²) in [7, 11) is 1.93. The van der Waals surface area contributed by atoms with Crippen molar-refractivity contribution in [1.29, 1.82) is 0 Å². The number of aromatic nitrogens is 2. The molecule has 2 N–H and O–H groups in total. The Morgan fingerprint density at radius 1 is 1.56 bits per heavy atom. The molecule has 1 fully saturated rings. The first kappa shape index (κ1) is 11.2. The monoisotopic (exact) mass is 220 g/mol. The van der Waals surface area contributed by atoms with Gasteiger partial charge in [-0.2, -0.15) is 5.10 Å². The van der Waals surface area contributed by atoms with Gasteiger partial charge in [0.05, 0.1) is 12.0 Å². The van der Waals surface area contributed by atoms with E-state index in [0.717, 1.165) is 18.8 Å². The topological polar surface area (TPSA) is 56.2 Å². The fourth-order valence-corrected chi connectivity index (χ4v) is 2.27. The molecule has 1 saturated carbocycles. The van der Waals surface area contributed by atoms with Gasteiger partial charge in [-0.25, -0.2) is 0 Å². The first-order chi connectivity index (χ1) is 7.75. The Morgan fingerprint density at radius 2 is 2.31 bits per heavy atom. The Morgan fingerprint density at radius 3 is 2.94 bits per heavy atom. The highest BCUT2D eigenvalue weighted by Crippen LogP contribution is 2.24. The van der Waals surface area contributed by atoms with Gasteiger partial charge in [-0.1, -0.05) is 12.8 Å². The summed E-state index contributed by atoms with van der Waals surface area (Å²) in [6.07, 6.45) is 9.92. The van der Waals surface area contributed by atoms with Gasteiger partial charge in [0.25, 0.3) is 0 Å². The maximum atomic E-state index is 5.98. The van der Waals surface area contributed by atoms with E-state index < -0.39 is 0 Å². The molecule has 0 aromatic carbocycles. The zero-order valence-electron chi connectivity index (χ0n) is 9.89. The first-order valence-corrected chi connectivity index (χ1v) is 6.03. The van der Waals surface area contributed by atoms with Crippen molar-refractivity contribution in [3.8, 4) is 0 Å². The second kappa shape index (κ2) is 5.14. The largest absolute Gasteiger partial charge is 0.387 e. The van der Waals surface area contributed by atoms with Gasteiger partial charge >= 0.3 is 0 Å². The molecule has 0 amide bonds. The van der Waals surface area contributed by atoms with Crippen LogP contribution in [0.4, 0.5) is 0 Å². The van der Waals surface area contributed by atoms with Crippen LogP contribution in [-0.2, 0) is 13.5 Å². The molecule has 0 bridgehead atoms. The Hall–Kier alpha value is -1.32. The summed E-state index contributed by atoms with van der Waals surface area (Å²) in [5.74, 6) is 1.41. The van der Waals surface area contributed by atoms with E-state index in [2.05, 4.69) is 10.1 Å². The highest BCUT2D eigenvalue weighted by Gasteiger charge is 2.17. The van der Waals surface area contributed by atoms with Crippen molar-refractivity contribution in [2.45, 2.75) is 32.1 Å². The minimum Gasteiger partial charge on any atom is -0.387 e. The second-order valence-electron chi connectivity index (χ2n) is 4.56. The molecular weight excluding hydrogens is 200 g/mol. The van der Waals surface area contributed by atoms with Crippen LogP contribution in [0.2, 0.25) is 0 Å². The summed E-state index contributed by atoms with van der Waals surface area (Å²) in [4.78, 5) is 4.47. The summed E-state index contributed by atoms with van der Waals surface area (Å²) in [6.45, 7) is 0.786. The third-order valence-corrected chi connectivity index (χ3v) is 3.23. The normalized spacial score (nSPS) is 18.2. The molecule has 1 aromatic rings. The molecule has 0 radical (unpaired) electrons. The summed E-state index contributed by atoms with van der Waals surface area (Å²) in [6, 6.07) is 0. The Kier molecular flexibility index (Phi) is 3.59. The van der Waals surface area contributed by atoms with Crippen molar-refractivity contribution < 1.29 is 0 Å². The Labute approximate surface area is 96.6 Å². The smallest absolute Gasteiger partial charge is 0.0968 e. The van der Waals surface area contributed by atoms with Gasteiger partial charge in [0.1, 0.15) is 0 Å². The van der Waals surface area contributed by atoms with E-state index in [4.69, 9.17) is 5.73 Å². The lowest BCUT2D eigenvalue weighted by atomic mass is 10.1. The van der Waals surface area contributed by atoms with E-state index in [1.54, 1.807) is 0 Å². The molecular formula is C12H20N4. The van der Waals surface area contributed by atoms with E-state index in [1.807, 2.05) is 24.1 Å². The predicted octanol–water partition coefficient (Wildman–Crippen LogP) is 1.51. The van der Waals surface area contributed by atoms with Gasteiger partial charge in [-0.15, -0.1) is 0 Å². The van der Waals surface area contributed by atoms with Crippen molar-refractivity contribution in [3.05, 3.63) is 18.0 Å². The van der Waals surface area contributed by atoms with Gasteiger partial charge in [0.15, 0.2) is 0 Å². The number of rotatable bonds is 4. The number of amidine groups is 1. The standard InChI is InChI=1S/C12H20N4/c1-16-9-10(8-15-16)6-7-14-12(13)11-4-2-3-5-11/h8-9,11H,2-7H2,1H3,(H2,13,14). The SMILES string of the molecule is Cn1cc(CCN=C(N)C2CCCC2)cn1. The zero-order chi connectivity index (χ0) is 11.4. The maximum absolute atomic E-state index is 5.98. The van der Waals surface area contributed by atoms with Crippen molar-refractivity contribution in [1.82, 2.24) is 9.78 Å². The number of nitrogens with two attached hydrogens (primary N) is 1. The van der Waals surface area contributed by atoms with Crippen LogP contribution in [0.5, 0.6) is 0 Å². The van der Waals surface area contributed by atoms with Crippen LogP contribution >= 0.6 is 0 Å². The first-order valence-electron chi connectivity index (χ1n) is 6.03. The van der Waals surface area contributed by atoms with Gasteiger partial charge in [0.2, 0.25) is 0 Å². The van der Waals surface area contributed by atoms with Crippen LogP contribution in [0.15, 0.2) is 17.4 Å². The quantitative estimate of drug-likeness (QED) is 0.617. The lowest BCUT2D eigenvalue weighted by molar-refractivity contribution is 0.715. The predicted molar refractivity (Wildman–Crippen MR) is 65.4 cm³/mol. The van der Waals surface area contributed by atoms with Crippen LogP contribution in [-0.4, -0.2) is 22.2 Å². The molecule has 0 atom stereocenters. The summed E-state index contributed by atoms with van der Waals surface area (Å²) >= 11 is 0. The highest BCUT2D eigenvalue weighted by atomic mass is 15.2. The molecule has 0 spiro atoms. The summed E-state index contributed by atoms with van der Waals surface area (Å²) < 4.78 is 1.82. The van der Waals surface area contributed by atoms with Gasteiger partial charge in [-0.3, -0.25) is 9.67 Å². The van der Waals surface area contributed by atoms with Gasteiger partial charge in [-0.05, 0) is 24.8 Å². The van der Waals surface area contributed by atoms with Crippen LogP contribution in [0, 0.1) is 5.92 Å². The zero-order valence-corrected chi connectivity index (χ0v) is 9.89. The molecule has 0 aliphatic heterocycles. The second-order valence-corrected chi connectivity index (χ2v) is 4.56. The van der Waals surface area contributed by atoms with Gasteiger partial charge in [0, 0.05) is 25.7 Å². The minimum atomic E-state index is 0.550. The number of nitrogens with zero attached hydrogens (tertiary/aromatic N) is 3. The van der Waals surface area contributed by atoms with Crippen LogP contribution in [0.3, 0.4) is 0 Å².